The Balaban J connectivity index is 2.11. The quantitative estimate of drug-likeness (QED) is 0.880. The van der Waals surface area contributed by atoms with Gasteiger partial charge >= 0.3 is 0 Å². The summed E-state index contributed by atoms with van der Waals surface area (Å²) in [5, 5.41) is 18.6. The van der Waals surface area contributed by atoms with Crippen LogP contribution in [0.2, 0.25) is 0 Å². The first-order chi connectivity index (χ1) is 10.8. The molecule has 116 valence electrons. The van der Waals surface area contributed by atoms with Gasteiger partial charge in [0.25, 0.3) is 5.79 Å². The molecule has 0 atom stereocenters. The molecule has 2 N–H and O–H groups in total. The van der Waals surface area contributed by atoms with Gasteiger partial charge in [-0.25, -0.2) is 9.97 Å². The number of aliphatic hydroxyl groups excluding tert-OH is 2. The van der Waals surface area contributed by atoms with Crippen LogP contribution in [0.3, 0.4) is 0 Å². The molecule has 0 amide bonds. The van der Waals surface area contributed by atoms with Crippen molar-refractivity contribution >= 4 is 0 Å². The van der Waals surface area contributed by atoms with Crippen molar-refractivity contribution in [2.45, 2.75) is 25.4 Å². The van der Waals surface area contributed by atoms with Crippen molar-refractivity contribution in [3.8, 4) is 0 Å². The molecule has 0 unspecified atom stereocenters. The number of aromatic nitrogens is 2. The summed E-state index contributed by atoms with van der Waals surface area (Å²) in [6.45, 7) is 0.730. The van der Waals surface area contributed by atoms with Crippen LogP contribution < -0.4 is 0 Å². The van der Waals surface area contributed by atoms with Gasteiger partial charge in [-0.05, 0) is 30.7 Å². The van der Waals surface area contributed by atoms with Gasteiger partial charge in [-0.3, -0.25) is 0 Å². The van der Waals surface area contributed by atoms with Crippen molar-refractivity contribution in [1.29, 1.82) is 0 Å². The highest BCUT2D eigenvalue weighted by molar-refractivity contribution is 5.27. The van der Waals surface area contributed by atoms with Gasteiger partial charge in [0, 0.05) is 0 Å². The van der Waals surface area contributed by atoms with Gasteiger partial charge in [0.05, 0.1) is 37.8 Å². The maximum absolute atomic E-state index is 9.30. The lowest BCUT2D eigenvalue weighted by Crippen LogP contribution is -2.41. The van der Waals surface area contributed by atoms with E-state index in [1.807, 2.05) is 0 Å². The highest BCUT2D eigenvalue weighted by Crippen LogP contribution is 2.35. The molecule has 3 heterocycles. The number of nitrogens with zero attached hydrogens (tertiary/aromatic N) is 2. The zero-order chi connectivity index (χ0) is 15.4. The molecule has 6 nitrogen and oxygen atoms in total. The molecule has 22 heavy (non-hydrogen) atoms. The fourth-order valence-corrected chi connectivity index (χ4v) is 2.46. The number of rotatable bonds is 4. The predicted octanol–water partition coefficient (Wildman–Crippen LogP) is 1.10. The standard InChI is InChI=1S/C16H18N2O4/c19-10-12-4-1-6-14(17-12)16(21-8-3-9-22-16)15-7-2-5-13(11-20)18-15/h1-2,4-7,19-20H,3,8-11H2. The Morgan fingerprint density at radius 1 is 0.864 bits per heavy atom. The van der Waals surface area contributed by atoms with Gasteiger partial charge in [-0.2, -0.15) is 0 Å². The molecular formula is C16H18N2O4. The average molecular weight is 302 g/mol. The number of ether oxygens (including phenoxy) is 2. The smallest absolute Gasteiger partial charge is 0.257 e. The van der Waals surface area contributed by atoms with Crippen LogP contribution in [0.25, 0.3) is 0 Å². The van der Waals surface area contributed by atoms with Gasteiger partial charge in [0.15, 0.2) is 0 Å². The first-order valence-corrected chi connectivity index (χ1v) is 7.21. The molecule has 1 saturated heterocycles. The zero-order valence-electron chi connectivity index (χ0n) is 12.1. The van der Waals surface area contributed by atoms with E-state index < -0.39 is 5.79 Å². The lowest BCUT2D eigenvalue weighted by Gasteiger charge is -2.36. The van der Waals surface area contributed by atoms with Gasteiger partial charge in [-0.1, -0.05) is 12.1 Å². The van der Waals surface area contributed by atoms with E-state index in [4.69, 9.17) is 9.47 Å². The Kier molecular flexibility index (Phi) is 4.44. The summed E-state index contributed by atoms with van der Waals surface area (Å²) in [6.07, 6.45) is 0.793. The summed E-state index contributed by atoms with van der Waals surface area (Å²) >= 11 is 0. The molecule has 2 aromatic rings. The summed E-state index contributed by atoms with van der Waals surface area (Å²) < 4.78 is 11.9. The van der Waals surface area contributed by atoms with E-state index in [9.17, 15) is 10.2 Å². The second-order valence-electron chi connectivity index (χ2n) is 5.01. The molecule has 0 radical (unpaired) electrons. The molecule has 3 rings (SSSR count). The molecule has 2 aromatic heterocycles. The number of pyridine rings is 2. The summed E-state index contributed by atoms with van der Waals surface area (Å²) in [7, 11) is 0. The lowest BCUT2D eigenvalue weighted by atomic mass is 10.0. The second-order valence-corrected chi connectivity index (χ2v) is 5.01. The van der Waals surface area contributed by atoms with Crippen LogP contribution in [0, 0.1) is 0 Å². The van der Waals surface area contributed by atoms with Crippen molar-refractivity contribution in [2.24, 2.45) is 0 Å². The maximum Gasteiger partial charge on any atom is 0.257 e. The molecule has 0 spiro atoms. The Morgan fingerprint density at radius 3 is 1.82 bits per heavy atom. The Hall–Kier alpha value is -1.86. The molecule has 0 aromatic carbocycles. The normalized spacial score (nSPS) is 17.4. The largest absolute Gasteiger partial charge is 0.390 e. The molecule has 6 heteroatoms. The minimum Gasteiger partial charge on any atom is -0.390 e. The van der Waals surface area contributed by atoms with E-state index in [1.54, 1.807) is 36.4 Å². The molecule has 1 aliphatic rings. The minimum absolute atomic E-state index is 0.159. The minimum atomic E-state index is -1.20. The molecular weight excluding hydrogens is 284 g/mol. The molecule has 1 fully saturated rings. The summed E-state index contributed by atoms with van der Waals surface area (Å²) in [5.41, 5.74) is 2.16. The van der Waals surface area contributed by atoms with Crippen LogP contribution in [-0.4, -0.2) is 33.4 Å². The summed E-state index contributed by atoms with van der Waals surface area (Å²) in [4.78, 5) is 8.83. The molecule has 0 aliphatic carbocycles. The number of hydrogen-bond donors (Lipinski definition) is 2. The monoisotopic (exact) mass is 302 g/mol. The van der Waals surface area contributed by atoms with Gasteiger partial charge in [0.2, 0.25) is 0 Å². The third kappa shape index (κ3) is 2.74. The third-order valence-corrected chi connectivity index (χ3v) is 3.51. The van der Waals surface area contributed by atoms with E-state index >= 15 is 0 Å². The van der Waals surface area contributed by atoms with Crippen LogP contribution in [0.5, 0.6) is 0 Å². The summed E-state index contributed by atoms with van der Waals surface area (Å²) in [5.74, 6) is -1.20. The maximum atomic E-state index is 9.30. The first kappa shape index (κ1) is 15.1. The fraction of sp³-hybridized carbons (Fsp3) is 0.375. The van der Waals surface area contributed by atoms with Crippen molar-refractivity contribution in [3.63, 3.8) is 0 Å². The predicted molar refractivity (Wildman–Crippen MR) is 77.6 cm³/mol. The van der Waals surface area contributed by atoms with Gasteiger partial charge in [-0.15, -0.1) is 0 Å². The highest BCUT2D eigenvalue weighted by atomic mass is 16.7. The zero-order valence-corrected chi connectivity index (χ0v) is 12.1. The van der Waals surface area contributed by atoms with E-state index in [0.29, 0.717) is 36.0 Å². The van der Waals surface area contributed by atoms with Gasteiger partial charge < -0.3 is 19.7 Å². The van der Waals surface area contributed by atoms with Crippen LogP contribution in [-0.2, 0) is 28.5 Å². The molecule has 0 saturated carbocycles. The van der Waals surface area contributed by atoms with Crippen molar-refractivity contribution in [3.05, 3.63) is 59.2 Å². The molecule has 1 aliphatic heterocycles. The van der Waals surface area contributed by atoms with E-state index in [2.05, 4.69) is 9.97 Å². The number of aliphatic hydroxyl groups is 2. The second kappa shape index (κ2) is 6.50. The average Bonchev–Trinajstić information content (AvgIpc) is 2.62. The highest BCUT2D eigenvalue weighted by Gasteiger charge is 2.42. The van der Waals surface area contributed by atoms with Crippen LogP contribution in [0.15, 0.2) is 36.4 Å². The van der Waals surface area contributed by atoms with Crippen molar-refractivity contribution in [2.75, 3.05) is 13.2 Å². The van der Waals surface area contributed by atoms with E-state index in [0.717, 1.165) is 6.42 Å². The Morgan fingerprint density at radius 2 is 1.36 bits per heavy atom. The van der Waals surface area contributed by atoms with E-state index in [1.165, 1.54) is 0 Å². The fourth-order valence-electron chi connectivity index (χ4n) is 2.46. The van der Waals surface area contributed by atoms with Gasteiger partial charge in [0.1, 0.15) is 11.4 Å². The number of hydrogen-bond acceptors (Lipinski definition) is 6. The van der Waals surface area contributed by atoms with Crippen LogP contribution in [0.1, 0.15) is 29.2 Å². The van der Waals surface area contributed by atoms with Crippen molar-refractivity contribution in [1.82, 2.24) is 9.97 Å². The Labute approximate surface area is 128 Å². The SMILES string of the molecule is OCc1cccc(C2(c3cccc(CO)n3)OCCCO2)n1. The first-order valence-electron chi connectivity index (χ1n) is 7.21. The lowest BCUT2D eigenvalue weighted by molar-refractivity contribution is -0.253. The van der Waals surface area contributed by atoms with Crippen LogP contribution >= 0.6 is 0 Å². The third-order valence-electron chi connectivity index (χ3n) is 3.51. The van der Waals surface area contributed by atoms with Crippen molar-refractivity contribution < 1.29 is 19.7 Å². The summed E-state index contributed by atoms with van der Waals surface area (Å²) in [6, 6.07) is 10.6. The van der Waals surface area contributed by atoms with Crippen LogP contribution in [0.4, 0.5) is 0 Å². The molecule has 0 bridgehead atoms. The van der Waals surface area contributed by atoms with E-state index in [-0.39, 0.29) is 13.2 Å². The Bertz CT molecular complexity index is 592. The topological polar surface area (TPSA) is 84.7 Å².